The molecule has 0 unspecified atom stereocenters. The highest BCUT2D eigenvalue weighted by Gasteiger charge is 2.35. The lowest BCUT2D eigenvalue weighted by Crippen LogP contribution is -2.49. The highest BCUT2D eigenvalue weighted by Crippen LogP contribution is 2.37. The van der Waals surface area contributed by atoms with Crippen LogP contribution in [0.2, 0.25) is 0 Å². The Bertz CT molecular complexity index is 1070. The van der Waals surface area contributed by atoms with Crippen LogP contribution in [0, 0.1) is 17.0 Å². The molecule has 1 aliphatic heterocycles. The summed E-state index contributed by atoms with van der Waals surface area (Å²) >= 11 is 0. The molecule has 0 aliphatic carbocycles. The van der Waals surface area contributed by atoms with Gasteiger partial charge in [0.1, 0.15) is 11.4 Å². The number of aromatic amines is 1. The standard InChI is InChI=1S/C21H23F3N4O4/c1-4-15-18(13(3)29)12(2)25-19(15)20(30)27-9-7-26(8-10-27)16-6-5-14(21(22,23)24)11-17(16)28(31)32/h5-6,11,25H,4,7-10H2,1-3H3. The summed E-state index contributed by atoms with van der Waals surface area (Å²) in [4.78, 5) is 41.7. The van der Waals surface area contributed by atoms with E-state index in [1.165, 1.54) is 6.92 Å². The number of carbonyl (C=O) groups is 2. The molecule has 1 aromatic heterocycles. The third-order valence-electron chi connectivity index (χ3n) is 5.62. The Morgan fingerprint density at radius 1 is 1.19 bits per heavy atom. The Morgan fingerprint density at radius 2 is 1.81 bits per heavy atom. The molecule has 1 fully saturated rings. The van der Waals surface area contributed by atoms with E-state index in [1.807, 2.05) is 6.92 Å². The van der Waals surface area contributed by atoms with Crippen molar-refractivity contribution >= 4 is 23.1 Å². The van der Waals surface area contributed by atoms with Gasteiger partial charge in [-0.05, 0) is 38.0 Å². The SMILES string of the molecule is CCc1c(C(=O)N2CCN(c3ccc(C(F)(F)F)cc3[N+](=O)[O-])CC2)[nH]c(C)c1C(C)=O. The second-order valence-corrected chi connectivity index (χ2v) is 7.63. The van der Waals surface area contributed by atoms with E-state index in [9.17, 15) is 32.9 Å². The van der Waals surface area contributed by atoms with Crippen molar-refractivity contribution < 1.29 is 27.7 Å². The van der Waals surface area contributed by atoms with E-state index in [2.05, 4.69) is 4.98 Å². The predicted molar refractivity (Wildman–Crippen MR) is 111 cm³/mol. The van der Waals surface area contributed by atoms with Crippen LogP contribution < -0.4 is 4.90 Å². The van der Waals surface area contributed by atoms with Crippen molar-refractivity contribution in [3.63, 3.8) is 0 Å². The molecule has 1 aliphatic rings. The summed E-state index contributed by atoms with van der Waals surface area (Å²) in [5.41, 5.74) is 0.506. The predicted octanol–water partition coefficient (Wildman–Crippen LogP) is 3.98. The van der Waals surface area contributed by atoms with Crippen LogP contribution in [0.5, 0.6) is 0 Å². The zero-order valence-corrected chi connectivity index (χ0v) is 17.9. The maximum Gasteiger partial charge on any atom is 0.416 e. The average molecular weight is 452 g/mol. The molecule has 0 radical (unpaired) electrons. The zero-order chi connectivity index (χ0) is 23.8. The van der Waals surface area contributed by atoms with Crippen LogP contribution in [0.3, 0.4) is 0 Å². The largest absolute Gasteiger partial charge is 0.416 e. The molecule has 32 heavy (non-hydrogen) atoms. The number of aromatic nitrogens is 1. The molecule has 0 bridgehead atoms. The molecular weight excluding hydrogens is 429 g/mol. The van der Waals surface area contributed by atoms with E-state index in [0.29, 0.717) is 35.0 Å². The van der Waals surface area contributed by atoms with Crippen molar-refractivity contribution in [1.29, 1.82) is 0 Å². The average Bonchev–Trinajstić information content (AvgIpc) is 3.08. The highest BCUT2D eigenvalue weighted by molar-refractivity contribution is 6.02. The number of nitro benzene ring substituents is 1. The summed E-state index contributed by atoms with van der Waals surface area (Å²) in [6.45, 7) is 5.93. The minimum absolute atomic E-state index is 0.0823. The molecule has 0 spiro atoms. The number of amides is 1. The van der Waals surface area contributed by atoms with E-state index in [4.69, 9.17) is 0 Å². The number of rotatable bonds is 5. The quantitative estimate of drug-likeness (QED) is 0.420. The van der Waals surface area contributed by atoms with Gasteiger partial charge in [-0.1, -0.05) is 6.92 Å². The first-order valence-electron chi connectivity index (χ1n) is 10.1. The van der Waals surface area contributed by atoms with Gasteiger partial charge in [-0.2, -0.15) is 13.2 Å². The molecule has 0 saturated carbocycles. The number of nitro groups is 1. The Morgan fingerprint density at radius 3 is 2.31 bits per heavy atom. The number of piperazine rings is 1. The number of ketones is 1. The fourth-order valence-electron chi connectivity index (χ4n) is 4.11. The number of nitrogens with one attached hydrogen (secondary N) is 1. The first kappa shape index (κ1) is 23.3. The maximum absolute atomic E-state index is 13.1. The maximum atomic E-state index is 13.1. The molecular formula is C21H23F3N4O4. The smallest absolute Gasteiger partial charge is 0.362 e. The number of alkyl halides is 3. The van der Waals surface area contributed by atoms with Crippen molar-refractivity contribution in [1.82, 2.24) is 9.88 Å². The number of nitrogens with zero attached hydrogens (tertiary/aromatic N) is 3. The Balaban J connectivity index is 1.80. The van der Waals surface area contributed by atoms with Crippen LogP contribution in [-0.2, 0) is 12.6 Å². The van der Waals surface area contributed by atoms with Crippen molar-refractivity contribution in [2.45, 2.75) is 33.4 Å². The lowest BCUT2D eigenvalue weighted by Gasteiger charge is -2.35. The third kappa shape index (κ3) is 4.32. The fraction of sp³-hybridized carbons (Fsp3) is 0.429. The normalized spacial score (nSPS) is 14.6. The number of hydrogen-bond donors (Lipinski definition) is 1. The van der Waals surface area contributed by atoms with Crippen LogP contribution in [0.25, 0.3) is 0 Å². The van der Waals surface area contributed by atoms with E-state index in [-0.39, 0.29) is 43.6 Å². The molecule has 11 heteroatoms. The molecule has 8 nitrogen and oxygen atoms in total. The van der Waals surface area contributed by atoms with Gasteiger partial charge in [0, 0.05) is 43.5 Å². The molecule has 0 atom stereocenters. The number of halogens is 3. The third-order valence-corrected chi connectivity index (χ3v) is 5.62. The van der Waals surface area contributed by atoms with Gasteiger partial charge in [0.25, 0.3) is 11.6 Å². The molecule has 1 N–H and O–H groups in total. The minimum atomic E-state index is -4.68. The number of aryl methyl sites for hydroxylation is 1. The van der Waals surface area contributed by atoms with Gasteiger partial charge >= 0.3 is 6.18 Å². The summed E-state index contributed by atoms with van der Waals surface area (Å²) in [6, 6.07) is 2.45. The highest BCUT2D eigenvalue weighted by atomic mass is 19.4. The summed E-state index contributed by atoms with van der Waals surface area (Å²) < 4.78 is 38.8. The van der Waals surface area contributed by atoms with E-state index in [1.54, 1.807) is 16.7 Å². The van der Waals surface area contributed by atoms with Crippen LogP contribution in [0.1, 0.15) is 51.5 Å². The summed E-state index contributed by atoms with van der Waals surface area (Å²) in [7, 11) is 0. The van der Waals surface area contributed by atoms with Gasteiger partial charge in [-0.25, -0.2) is 0 Å². The van der Waals surface area contributed by atoms with E-state index in [0.717, 1.165) is 12.1 Å². The number of benzene rings is 1. The number of Topliss-reactive ketones (excluding diaryl/α,β-unsaturated/α-hetero) is 1. The molecule has 3 rings (SSSR count). The zero-order valence-electron chi connectivity index (χ0n) is 17.9. The topological polar surface area (TPSA) is 99.5 Å². The Labute approximate surface area is 182 Å². The molecule has 1 amide bonds. The van der Waals surface area contributed by atoms with Crippen molar-refractivity contribution in [2.24, 2.45) is 0 Å². The van der Waals surface area contributed by atoms with Gasteiger partial charge in [-0.3, -0.25) is 19.7 Å². The molecule has 1 aromatic carbocycles. The lowest BCUT2D eigenvalue weighted by atomic mass is 10.0. The fourth-order valence-corrected chi connectivity index (χ4v) is 4.11. The summed E-state index contributed by atoms with van der Waals surface area (Å²) in [5.74, 6) is -0.409. The van der Waals surface area contributed by atoms with Crippen molar-refractivity contribution in [3.8, 4) is 0 Å². The molecule has 1 saturated heterocycles. The minimum Gasteiger partial charge on any atom is -0.362 e. The first-order valence-corrected chi connectivity index (χ1v) is 10.1. The number of H-pyrrole nitrogens is 1. The number of carbonyl (C=O) groups excluding carboxylic acids is 2. The van der Waals surface area contributed by atoms with Crippen LogP contribution in [0.4, 0.5) is 24.5 Å². The Hall–Kier alpha value is -3.37. The summed E-state index contributed by atoms with van der Waals surface area (Å²) in [6.07, 6.45) is -4.18. The lowest BCUT2D eigenvalue weighted by molar-refractivity contribution is -0.384. The molecule has 2 aromatic rings. The first-order chi connectivity index (χ1) is 15.0. The molecule has 2 heterocycles. The van der Waals surface area contributed by atoms with Crippen LogP contribution in [0.15, 0.2) is 18.2 Å². The second-order valence-electron chi connectivity index (χ2n) is 7.63. The monoisotopic (exact) mass is 452 g/mol. The van der Waals surface area contributed by atoms with E-state index < -0.39 is 22.4 Å². The summed E-state index contributed by atoms with van der Waals surface area (Å²) in [5, 5.41) is 11.4. The molecule has 172 valence electrons. The van der Waals surface area contributed by atoms with Crippen LogP contribution >= 0.6 is 0 Å². The van der Waals surface area contributed by atoms with Crippen LogP contribution in [-0.4, -0.2) is 52.7 Å². The number of anilines is 1. The Kier molecular flexibility index (Phi) is 6.29. The van der Waals surface area contributed by atoms with Gasteiger partial charge in [0.05, 0.1) is 10.5 Å². The van der Waals surface area contributed by atoms with Crippen molar-refractivity contribution in [2.75, 3.05) is 31.1 Å². The van der Waals surface area contributed by atoms with Gasteiger partial charge in [0.15, 0.2) is 5.78 Å². The van der Waals surface area contributed by atoms with Gasteiger partial charge < -0.3 is 14.8 Å². The number of hydrogen-bond acceptors (Lipinski definition) is 5. The van der Waals surface area contributed by atoms with Gasteiger partial charge in [-0.15, -0.1) is 0 Å². The van der Waals surface area contributed by atoms with Gasteiger partial charge in [0.2, 0.25) is 0 Å². The van der Waals surface area contributed by atoms with Crippen molar-refractivity contribution in [3.05, 3.63) is 56.4 Å². The van der Waals surface area contributed by atoms with E-state index >= 15 is 0 Å². The second kappa shape index (κ2) is 8.64.